The summed E-state index contributed by atoms with van der Waals surface area (Å²) in [5.41, 5.74) is -0.353. The largest absolute Gasteiger partial charge is 0.416 e. The van der Waals surface area contributed by atoms with Gasteiger partial charge in [0.05, 0.1) is 30.7 Å². The molecule has 9 heteroatoms. The molecule has 0 saturated heterocycles. The number of alkyl halides is 4. The molecule has 0 spiro atoms. The molecule has 0 aliphatic heterocycles. The average molecular weight is 443 g/mol. The van der Waals surface area contributed by atoms with E-state index >= 15 is 0 Å². The third kappa shape index (κ3) is 3.65. The molecule has 124 valence electrons. The Balaban J connectivity index is 2.86. The molecule has 0 amide bonds. The standard InChI is InChI=1S/C14H5Cl6F3/c15-4-5-1-2-6(14(21,22)23)3-7(5)8-9(16)11(18)13(20)12(19)10(8)17/h1-3H,4H2. The Labute approximate surface area is 160 Å². The van der Waals surface area contributed by atoms with Crippen LogP contribution in [-0.2, 0) is 12.1 Å². The summed E-state index contributed by atoms with van der Waals surface area (Å²) in [5, 5.41) is -0.480. The summed E-state index contributed by atoms with van der Waals surface area (Å²) in [7, 11) is 0. The highest BCUT2D eigenvalue weighted by atomic mass is 35.5. The van der Waals surface area contributed by atoms with E-state index in [9.17, 15) is 13.2 Å². The number of hydrogen-bond acceptors (Lipinski definition) is 0. The quantitative estimate of drug-likeness (QED) is 0.249. The lowest BCUT2D eigenvalue weighted by atomic mass is 9.97. The van der Waals surface area contributed by atoms with E-state index in [1.54, 1.807) is 0 Å². The Morgan fingerprint density at radius 3 is 1.70 bits per heavy atom. The molecule has 23 heavy (non-hydrogen) atoms. The molecule has 0 aliphatic carbocycles. The van der Waals surface area contributed by atoms with Gasteiger partial charge in [-0.15, -0.1) is 11.6 Å². The lowest BCUT2D eigenvalue weighted by Crippen LogP contribution is -2.06. The first kappa shape index (κ1) is 19.3. The number of hydrogen-bond donors (Lipinski definition) is 0. The van der Waals surface area contributed by atoms with Gasteiger partial charge in [-0.25, -0.2) is 0 Å². The van der Waals surface area contributed by atoms with Gasteiger partial charge in [-0.2, -0.15) is 13.2 Å². The number of benzene rings is 2. The van der Waals surface area contributed by atoms with E-state index < -0.39 is 11.7 Å². The summed E-state index contributed by atoms with van der Waals surface area (Å²) in [5.74, 6) is -0.0575. The van der Waals surface area contributed by atoms with Gasteiger partial charge in [0.25, 0.3) is 0 Å². The maximum atomic E-state index is 13.0. The van der Waals surface area contributed by atoms with Crippen LogP contribution < -0.4 is 0 Å². The summed E-state index contributed by atoms with van der Waals surface area (Å²) in [6, 6.07) is 3.06. The van der Waals surface area contributed by atoms with Gasteiger partial charge >= 0.3 is 6.18 Å². The van der Waals surface area contributed by atoms with E-state index in [0.29, 0.717) is 5.56 Å². The molecule has 0 radical (unpaired) electrons. The van der Waals surface area contributed by atoms with Crippen LogP contribution in [0.4, 0.5) is 13.2 Å². The summed E-state index contributed by atoms with van der Waals surface area (Å²) < 4.78 is 38.9. The highest BCUT2D eigenvalue weighted by Crippen LogP contribution is 2.49. The van der Waals surface area contributed by atoms with Gasteiger partial charge in [0, 0.05) is 11.4 Å². The van der Waals surface area contributed by atoms with Gasteiger partial charge in [0.15, 0.2) is 0 Å². The molecule has 2 aromatic rings. The molecule has 0 N–H and O–H groups in total. The number of halogens is 9. The van der Waals surface area contributed by atoms with E-state index in [-0.39, 0.29) is 42.1 Å². The molecule has 0 saturated carbocycles. The second-order valence-electron chi connectivity index (χ2n) is 4.45. The first-order valence-electron chi connectivity index (χ1n) is 5.87. The van der Waals surface area contributed by atoms with Crippen LogP contribution in [-0.4, -0.2) is 0 Å². The molecular weight excluding hydrogens is 438 g/mol. The van der Waals surface area contributed by atoms with Crippen molar-refractivity contribution in [2.24, 2.45) is 0 Å². The molecule has 2 rings (SSSR count). The minimum Gasteiger partial charge on any atom is -0.166 e. The molecular formula is C14H5Cl6F3. The summed E-state index contributed by atoms with van der Waals surface area (Å²) in [4.78, 5) is 0. The Morgan fingerprint density at radius 2 is 1.26 bits per heavy atom. The van der Waals surface area contributed by atoms with Crippen LogP contribution in [0.2, 0.25) is 25.1 Å². The SMILES string of the molecule is FC(F)(F)c1ccc(CCl)c(-c2c(Cl)c(Cl)c(Cl)c(Cl)c2Cl)c1. The molecule has 0 unspecified atom stereocenters. The van der Waals surface area contributed by atoms with Gasteiger partial charge in [-0.1, -0.05) is 64.1 Å². The molecule has 0 atom stereocenters. The molecule has 0 fully saturated rings. The van der Waals surface area contributed by atoms with Crippen molar-refractivity contribution in [2.75, 3.05) is 0 Å². The summed E-state index contributed by atoms with van der Waals surface area (Å²) >= 11 is 35.9. The van der Waals surface area contributed by atoms with Crippen LogP contribution >= 0.6 is 69.6 Å². The Morgan fingerprint density at radius 1 is 0.783 bits per heavy atom. The fourth-order valence-electron chi connectivity index (χ4n) is 1.94. The van der Waals surface area contributed by atoms with Gasteiger partial charge in [-0.3, -0.25) is 0 Å². The van der Waals surface area contributed by atoms with Crippen LogP contribution in [0.1, 0.15) is 11.1 Å². The van der Waals surface area contributed by atoms with Gasteiger partial charge in [-0.05, 0) is 23.3 Å². The molecule has 0 nitrogen and oxygen atoms in total. The third-order valence-electron chi connectivity index (χ3n) is 3.06. The minimum atomic E-state index is -4.54. The zero-order valence-corrected chi connectivity index (χ0v) is 15.4. The predicted octanol–water partition coefficient (Wildman–Crippen LogP) is 8.38. The van der Waals surface area contributed by atoms with E-state index in [2.05, 4.69) is 0 Å². The second kappa shape index (κ2) is 7.07. The molecule has 0 heterocycles. The van der Waals surface area contributed by atoms with Crippen molar-refractivity contribution in [1.29, 1.82) is 0 Å². The van der Waals surface area contributed by atoms with E-state index in [4.69, 9.17) is 69.6 Å². The fraction of sp³-hybridized carbons (Fsp3) is 0.143. The average Bonchev–Trinajstić information content (AvgIpc) is 2.50. The lowest BCUT2D eigenvalue weighted by Gasteiger charge is -2.17. The highest BCUT2D eigenvalue weighted by Gasteiger charge is 2.32. The van der Waals surface area contributed by atoms with Crippen LogP contribution in [0.3, 0.4) is 0 Å². The maximum absolute atomic E-state index is 13.0. The Bertz CT molecular complexity index is 741. The molecule has 0 bridgehead atoms. The second-order valence-corrected chi connectivity index (χ2v) is 6.61. The highest BCUT2D eigenvalue weighted by molar-refractivity contribution is 6.56. The zero-order valence-electron chi connectivity index (χ0n) is 10.8. The first-order chi connectivity index (χ1) is 10.6. The normalized spacial score (nSPS) is 11.9. The van der Waals surface area contributed by atoms with Crippen LogP contribution in [0, 0.1) is 0 Å². The molecule has 0 aromatic heterocycles. The molecule has 0 aliphatic rings. The Hall–Kier alpha value is -0.0300. The van der Waals surface area contributed by atoms with E-state index in [1.165, 1.54) is 6.07 Å². The lowest BCUT2D eigenvalue weighted by molar-refractivity contribution is -0.137. The van der Waals surface area contributed by atoms with E-state index in [0.717, 1.165) is 12.1 Å². The Kier molecular flexibility index (Phi) is 5.93. The summed E-state index contributed by atoms with van der Waals surface area (Å²) in [6.45, 7) is 0. The minimum absolute atomic E-state index is 0.0504. The van der Waals surface area contributed by atoms with Crippen LogP contribution in [0.15, 0.2) is 18.2 Å². The topological polar surface area (TPSA) is 0 Å². The van der Waals surface area contributed by atoms with Crippen LogP contribution in [0.25, 0.3) is 11.1 Å². The van der Waals surface area contributed by atoms with Crippen molar-refractivity contribution < 1.29 is 13.2 Å². The van der Waals surface area contributed by atoms with Crippen molar-refractivity contribution in [3.8, 4) is 11.1 Å². The molecule has 2 aromatic carbocycles. The van der Waals surface area contributed by atoms with Crippen molar-refractivity contribution >= 4 is 69.6 Å². The van der Waals surface area contributed by atoms with E-state index in [1.807, 2.05) is 0 Å². The van der Waals surface area contributed by atoms with Gasteiger partial charge in [0.1, 0.15) is 0 Å². The first-order valence-corrected chi connectivity index (χ1v) is 8.30. The smallest absolute Gasteiger partial charge is 0.166 e. The van der Waals surface area contributed by atoms with Crippen molar-refractivity contribution in [1.82, 2.24) is 0 Å². The summed E-state index contributed by atoms with van der Waals surface area (Å²) in [6.07, 6.45) is -4.54. The monoisotopic (exact) mass is 440 g/mol. The zero-order chi connectivity index (χ0) is 17.5. The predicted molar refractivity (Wildman–Crippen MR) is 91.5 cm³/mol. The maximum Gasteiger partial charge on any atom is 0.416 e. The third-order valence-corrected chi connectivity index (χ3v) is 5.62. The van der Waals surface area contributed by atoms with Crippen LogP contribution in [0.5, 0.6) is 0 Å². The van der Waals surface area contributed by atoms with Gasteiger partial charge < -0.3 is 0 Å². The van der Waals surface area contributed by atoms with Gasteiger partial charge in [0.2, 0.25) is 0 Å². The number of rotatable bonds is 2. The fourth-order valence-corrected chi connectivity index (χ4v) is 3.52. The van der Waals surface area contributed by atoms with Crippen molar-refractivity contribution in [3.05, 3.63) is 54.4 Å². The van der Waals surface area contributed by atoms with Crippen molar-refractivity contribution in [3.63, 3.8) is 0 Å². The van der Waals surface area contributed by atoms with Crippen molar-refractivity contribution in [2.45, 2.75) is 12.1 Å².